The van der Waals surface area contributed by atoms with Crippen molar-refractivity contribution in [3.8, 4) is 0 Å². The molecule has 0 saturated carbocycles. The quantitative estimate of drug-likeness (QED) is 0.572. The van der Waals surface area contributed by atoms with Crippen LogP contribution in [0.3, 0.4) is 0 Å². The summed E-state index contributed by atoms with van der Waals surface area (Å²) in [5.74, 6) is -0.159. The third kappa shape index (κ3) is 3.26. The molecule has 3 rings (SSSR count). The minimum atomic E-state index is -0.592. The minimum absolute atomic E-state index is 0.0200. The lowest BCUT2D eigenvalue weighted by Gasteiger charge is -2.11. The zero-order valence-electron chi connectivity index (χ0n) is 11.2. The predicted molar refractivity (Wildman–Crippen MR) is 88.8 cm³/mol. The number of rotatable bonds is 2. The summed E-state index contributed by atoms with van der Waals surface area (Å²) in [5, 5.41) is 3.74. The second-order valence-electron chi connectivity index (χ2n) is 4.79. The SMILES string of the molecule is O=C(Nc1cc2cc(I)c(F)c(Cl)c2cn1)O[C@@H]1CCOC1. The van der Waals surface area contributed by atoms with Crippen molar-refractivity contribution in [1.29, 1.82) is 0 Å². The molecule has 2 heterocycles. The van der Waals surface area contributed by atoms with Gasteiger partial charge in [0.25, 0.3) is 0 Å². The van der Waals surface area contributed by atoms with E-state index in [1.165, 1.54) is 6.20 Å². The minimum Gasteiger partial charge on any atom is -0.443 e. The zero-order valence-corrected chi connectivity index (χ0v) is 14.2. The number of aromatic nitrogens is 1. The number of fused-ring (bicyclic) bond motifs is 1. The third-order valence-corrected chi connectivity index (χ3v) is 4.40. The number of amides is 1. The van der Waals surface area contributed by atoms with Crippen molar-refractivity contribution in [1.82, 2.24) is 4.98 Å². The summed E-state index contributed by atoms with van der Waals surface area (Å²) in [6.07, 6.45) is 1.28. The van der Waals surface area contributed by atoms with Gasteiger partial charge < -0.3 is 9.47 Å². The van der Waals surface area contributed by atoms with Crippen molar-refractivity contribution in [2.75, 3.05) is 18.5 Å². The molecule has 116 valence electrons. The van der Waals surface area contributed by atoms with Crippen LogP contribution in [0.25, 0.3) is 10.8 Å². The molecule has 1 N–H and O–H groups in total. The molecule has 1 atom stereocenters. The molecule has 1 aromatic heterocycles. The Morgan fingerprint density at radius 1 is 1.55 bits per heavy atom. The topological polar surface area (TPSA) is 60.5 Å². The molecule has 0 unspecified atom stereocenters. The Labute approximate surface area is 144 Å². The van der Waals surface area contributed by atoms with Gasteiger partial charge in [0.2, 0.25) is 0 Å². The second-order valence-corrected chi connectivity index (χ2v) is 6.33. The molecule has 2 aromatic rings. The number of halogens is 3. The van der Waals surface area contributed by atoms with Gasteiger partial charge in [-0.2, -0.15) is 0 Å². The Morgan fingerprint density at radius 2 is 2.36 bits per heavy atom. The molecule has 0 bridgehead atoms. The average Bonchev–Trinajstić information content (AvgIpc) is 2.97. The molecular formula is C14H11ClFIN2O3. The van der Waals surface area contributed by atoms with Crippen LogP contribution in [0, 0.1) is 9.39 Å². The van der Waals surface area contributed by atoms with E-state index in [-0.39, 0.29) is 11.1 Å². The molecule has 1 amide bonds. The third-order valence-electron chi connectivity index (χ3n) is 3.25. The summed E-state index contributed by atoms with van der Waals surface area (Å²) in [6.45, 7) is 1.00. The summed E-state index contributed by atoms with van der Waals surface area (Å²) < 4.78 is 24.5. The number of nitrogens with zero attached hydrogens (tertiary/aromatic N) is 1. The van der Waals surface area contributed by atoms with E-state index in [0.717, 1.165) is 0 Å². The van der Waals surface area contributed by atoms with Crippen LogP contribution in [0.15, 0.2) is 18.3 Å². The van der Waals surface area contributed by atoms with E-state index in [4.69, 9.17) is 21.1 Å². The Balaban J connectivity index is 1.79. The molecule has 5 nitrogen and oxygen atoms in total. The number of carbonyl (C=O) groups excluding carboxylic acids is 1. The van der Waals surface area contributed by atoms with E-state index in [1.807, 2.05) is 22.6 Å². The van der Waals surface area contributed by atoms with Gasteiger partial charge in [0, 0.05) is 18.0 Å². The Hall–Kier alpha value is -1.19. The predicted octanol–water partition coefficient (Wildman–Crippen LogP) is 3.97. The summed E-state index contributed by atoms with van der Waals surface area (Å²) in [5.41, 5.74) is 0. The van der Waals surface area contributed by atoms with Crippen LogP contribution in [0.5, 0.6) is 0 Å². The monoisotopic (exact) mass is 436 g/mol. The molecule has 0 aliphatic carbocycles. The van der Waals surface area contributed by atoms with E-state index >= 15 is 0 Å². The molecule has 0 spiro atoms. The van der Waals surface area contributed by atoms with E-state index in [0.29, 0.717) is 39.8 Å². The number of hydrogen-bond acceptors (Lipinski definition) is 4. The van der Waals surface area contributed by atoms with Crippen molar-refractivity contribution < 1.29 is 18.7 Å². The highest BCUT2D eigenvalue weighted by atomic mass is 127. The fourth-order valence-electron chi connectivity index (χ4n) is 2.16. The van der Waals surface area contributed by atoms with Crippen LogP contribution >= 0.6 is 34.2 Å². The Kier molecular flexibility index (Phi) is 4.65. The average molecular weight is 437 g/mol. The maximum absolute atomic E-state index is 13.7. The maximum Gasteiger partial charge on any atom is 0.413 e. The fourth-order valence-corrected chi connectivity index (χ4v) is 3.18. The first-order valence-electron chi connectivity index (χ1n) is 6.53. The lowest BCUT2D eigenvalue weighted by atomic mass is 10.1. The lowest BCUT2D eigenvalue weighted by Crippen LogP contribution is -2.22. The molecule has 1 aliphatic heterocycles. The normalized spacial score (nSPS) is 17.7. The van der Waals surface area contributed by atoms with Gasteiger partial charge in [0.1, 0.15) is 11.9 Å². The summed E-state index contributed by atoms with van der Waals surface area (Å²) in [4.78, 5) is 15.8. The van der Waals surface area contributed by atoms with Gasteiger partial charge >= 0.3 is 6.09 Å². The molecule has 1 aromatic carbocycles. The van der Waals surface area contributed by atoms with Gasteiger partial charge in [-0.3, -0.25) is 5.32 Å². The molecular weight excluding hydrogens is 426 g/mol. The fraction of sp³-hybridized carbons (Fsp3) is 0.286. The van der Waals surface area contributed by atoms with Crippen LogP contribution in [0.2, 0.25) is 5.02 Å². The Bertz CT molecular complexity index is 738. The van der Waals surface area contributed by atoms with Gasteiger partial charge in [-0.25, -0.2) is 14.2 Å². The first-order valence-corrected chi connectivity index (χ1v) is 7.99. The van der Waals surface area contributed by atoms with Crippen molar-refractivity contribution >= 4 is 56.9 Å². The van der Waals surface area contributed by atoms with Crippen LogP contribution in [0.4, 0.5) is 15.0 Å². The van der Waals surface area contributed by atoms with Crippen molar-refractivity contribution in [3.63, 3.8) is 0 Å². The molecule has 8 heteroatoms. The highest BCUT2D eigenvalue weighted by Gasteiger charge is 2.20. The number of anilines is 1. The number of ether oxygens (including phenoxy) is 2. The van der Waals surface area contributed by atoms with Gasteiger partial charge in [-0.1, -0.05) is 11.6 Å². The Morgan fingerprint density at radius 3 is 3.09 bits per heavy atom. The number of nitrogens with one attached hydrogen (secondary N) is 1. The summed E-state index contributed by atoms with van der Waals surface area (Å²) in [6, 6.07) is 3.26. The number of hydrogen-bond donors (Lipinski definition) is 1. The standard InChI is InChI=1S/C14H11ClFIN2O3/c15-12-9-5-18-11(4-7(9)3-10(17)13(12)16)19-14(20)22-8-1-2-21-6-8/h3-5,8H,1-2,6H2,(H,18,19,20)/t8-/m1/s1. The molecule has 1 saturated heterocycles. The molecule has 22 heavy (non-hydrogen) atoms. The summed E-state index contributed by atoms with van der Waals surface area (Å²) in [7, 11) is 0. The molecule has 1 aliphatic rings. The van der Waals surface area contributed by atoms with Crippen molar-refractivity contribution in [2.45, 2.75) is 12.5 Å². The second kappa shape index (κ2) is 6.51. The largest absolute Gasteiger partial charge is 0.443 e. The van der Waals surface area contributed by atoms with E-state index in [9.17, 15) is 9.18 Å². The van der Waals surface area contributed by atoms with Crippen LogP contribution in [0.1, 0.15) is 6.42 Å². The van der Waals surface area contributed by atoms with Crippen LogP contribution < -0.4 is 5.32 Å². The number of pyridine rings is 1. The number of carbonyl (C=O) groups is 1. The van der Waals surface area contributed by atoms with E-state index in [1.54, 1.807) is 12.1 Å². The maximum atomic E-state index is 13.7. The van der Waals surface area contributed by atoms with Crippen LogP contribution in [-0.2, 0) is 9.47 Å². The number of benzene rings is 1. The van der Waals surface area contributed by atoms with E-state index < -0.39 is 11.9 Å². The summed E-state index contributed by atoms with van der Waals surface area (Å²) >= 11 is 7.82. The highest BCUT2D eigenvalue weighted by molar-refractivity contribution is 14.1. The molecule has 0 radical (unpaired) electrons. The smallest absolute Gasteiger partial charge is 0.413 e. The molecule has 1 fully saturated rings. The van der Waals surface area contributed by atoms with E-state index in [2.05, 4.69) is 10.3 Å². The van der Waals surface area contributed by atoms with Gasteiger partial charge in [-0.15, -0.1) is 0 Å². The highest BCUT2D eigenvalue weighted by Crippen LogP contribution is 2.30. The first kappa shape index (κ1) is 15.7. The van der Waals surface area contributed by atoms with Crippen LogP contribution in [-0.4, -0.2) is 30.4 Å². The van der Waals surface area contributed by atoms with Crippen molar-refractivity contribution in [3.05, 3.63) is 32.7 Å². The van der Waals surface area contributed by atoms with Gasteiger partial charge in [0.05, 0.1) is 21.8 Å². The van der Waals surface area contributed by atoms with Gasteiger partial charge in [0.15, 0.2) is 5.82 Å². The zero-order chi connectivity index (χ0) is 15.7. The lowest BCUT2D eigenvalue weighted by molar-refractivity contribution is 0.0931. The first-order chi connectivity index (χ1) is 10.5. The van der Waals surface area contributed by atoms with Crippen molar-refractivity contribution in [2.24, 2.45) is 0 Å². The van der Waals surface area contributed by atoms with Gasteiger partial charge in [-0.05, 0) is 40.1 Å².